The fraction of sp³-hybridized carbons (Fsp3) is 0.429. The third-order valence-electron chi connectivity index (χ3n) is 4.03. The van der Waals surface area contributed by atoms with Crippen LogP contribution in [-0.4, -0.2) is 30.3 Å². The molecule has 1 amide bonds. The first-order chi connectivity index (χ1) is 10.4. The molecule has 0 radical (unpaired) electrons. The van der Waals surface area contributed by atoms with E-state index in [1.165, 1.54) is 11.3 Å². The monoisotopic (exact) mass is 340 g/mol. The van der Waals surface area contributed by atoms with Gasteiger partial charge in [0.15, 0.2) is 25.5 Å². The number of carbonyl (C=O) groups excluding carboxylic acids is 1. The van der Waals surface area contributed by atoms with E-state index in [2.05, 4.69) is 10.3 Å². The van der Waals surface area contributed by atoms with Crippen LogP contribution in [0.1, 0.15) is 25.7 Å². The maximum absolute atomic E-state index is 12.5. The van der Waals surface area contributed by atoms with E-state index in [0.717, 1.165) is 19.1 Å². The number of hydrogen-bond acceptors (Lipinski definition) is 6. The summed E-state index contributed by atoms with van der Waals surface area (Å²) in [6.07, 6.45) is 4.91. The zero-order valence-electron chi connectivity index (χ0n) is 12.0. The molecule has 3 rings (SSSR count). The van der Waals surface area contributed by atoms with Crippen LogP contribution in [-0.2, 0) is 14.6 Å². The van der Waals surface area contributed by atoms with Crippen molar-refractivity contribution in [1.82, 2.24) is 4.98 Å². The normalized spacial score (nSPS) is 17.5. The largest absolute Gasteiger partial charge is 0.463 e. The van der Waals surface area contributed by atoms with Crippen LogP contribution in [0.25, 0.3) is 11.5 Å². The molecule has 1 N–H and O–H groups in total. The van der Waals surface area contributed by atoms with Crippen molar-refractivity contribution in [2.24, 2.45) is 0 Å². The van der Waals surface area contributed by atoms with Crippen LogP contribution in [0.5, 0.6) is 0 Å². The van der Waals surface area contributed by atoms with Crippen LogP contribution in [0.2, 0.25) is 0 Å². The van der Waals surface area contributed by atoms with E-state index in [-0.39, 0.29) is 0 Å². The zero-order valence-corrected chi connectivity index (χ0v) is 13.7. The van der Waals surface area contributed by atoms with Gasteiger partial charge < -0.3 is 9.73 Å². The van der Waals surface area contributed by atoms with E-state index < -0.39 is 20.5 Å². The molecule has 1 saturated carbocycles. The Hall–Kier alpha value is -1.67. The molecule has 2 aromatic rings. The zero-order chi connectivity index (χ0) is 15.8. The average Bonchev–Trinajstić information content (AvgIpc) is 3.19. The van der Waals surface area contributed by atoms with Crippen LogP contribution in [0.4, 0.5) is 5.13 Å². The molecule has 0 aliphatic heterocycles. The first-order valence-corrected chi connectivity index (χ1v) is 9.70. The second-order valence-electron chi connectivity index (χ2n) is 5.44. The topological polar surface area (TPSA) is 89.3 Å². The minimum Gasteiger partial charge on any atom is -0.463 e. The quantitative estimate of drug-likeness (QED) is 0.924. The van der Waals surface area contributed by atoms with Gasteiger partial charge in [-0.3, -0.25) is 4.79 Å². The maximum Gasteiger partial charge on any atom is 0.247 e. The molecule has 1 fully saturated rings. The Labute approximate surface area is 132 Å². The van der Waals surface area contributed by atoms with Crippen molar-refractivity contribution >= 4 is 32.2 Å². The van der Waals surface area contributed by atoms with Gasteiger partial charge in [-0.25, -0.2) is 13.4 Å². The second kappa shape index (κ2) is 5.51. The molecule has 2 heterocycles. The number of thiazole rings is 1. The first kappa shape index (κ1) is 15.2. The highest BCUT2D eigenvalue weighted by molar-refractivity contribution is 7.92. The Bertz CT molecular complexity index is 772. The third kappa shape index (κ3) is 2.56. The fourth-order valence-electron chi connectivity index (χ4n) is 2.79. The lowest BCUT2D eigenvalue weighted by molar-refractivity contribution is -0.118. The van der Waals surface area contributed by atoms with Crippen molar-refractivity contribution in [1.29, 1.82) is 0 Å². The van der Waals surface area contributed by atoms with Crippen molar-refractivity contribution in [3.05, 3.63) is 23.8 Å². The molecule has 8 heteroatoms. The minimum absolute atomic E-state index is 0.369. The van der Waals surface area contributed by atoms with Gasteiger partial charge in [0.25, 0.3) is 0 Å². The summed E-state index contributed by atoms with van der Waals surface area (Å²) in [7, 11) is -3.47. The number of carbonyl (C=O) groups is 1. The van der Waals surface area contributed by atoms with Gasteiger partial charge in [-0.1, -0.05) is 12.8 Å². The van der Waals surface area contributed by atoms with Gasteiger partial charge >= 0.3 is 0 Å². The number of aromatic nitrogens is 1. The minimum atomic E-state index is -3.47. The van der Waals surface area contributed by atoms with Crippen molar-refractivity contribution in [2.45, 2.75) is 30.4 Å². The van der Waals surface area contributed by atoms with Gasteiger partial charge in [0.05, 0.1) is 6.26 Å². The Kier molecular flexibility index (Phi) is 3.82. The Morgan fingerprint density at radius 3 is 2.73 bits per heavy atom. The summed E-state index contributed by atoms with van der Waals surface area (Å²) in [6.45, 7) is 0. The van der Waals surface area contributed by atoms with Crippen molar-refractivity contribution < 1.29 is 17.6 Å². The van der Waals surface area contributed by atoms with Crippen molar-refractivity contribution in [3.8, 4) is 11.5 Å². The molecule has 2 aromatic heterocycles. The Morgan fingerprint density at radius 1 is 1.41 bits per heavy atom. The SMILES string of the molecule is CS(=O)(=O)C1(C(=O)Nc2nc(-c3ccco3)cs2)CCCC1. The highest BCUT2D eigenvalue weighted by Crippen LogP contribution is 2.38. The summed E-state index contributed by atoms with van der Waals surface area (Å²) in [5.74, 6) is 0.128. The summed E-state index contributed by atoms with van der Waals surface area (Å²) < 4.78 is 28.1. The number of nitrogens with one attached hydrogen (secondary N) is 1. The number of anilines is 1. The van der Waals surface area contributed by atoms with Crippen LogP contribution >= 0.6 is 11.3 Å². The van der Waals surface area contributed by atoms with Crippen LogP contribution < -0.4 is 5.32 Å². The third-order valence-corrected chi connectivity index (χ3v) is 6.80. The smallest absolute Gasteiger partial charge is 0.247 e. The number of nitrogens with zero attached hydrogens (tertiary/aromatic N) is 1. The van der Waals surface area contributed by atoms with Gasteiger partial charge in [-0.05, 0) is 25.0 Å². The first-order valence-electron chi connectivity index (χ1n) is 6.93. The maximum atomic E-state index is 12.5. The number of hydrogen-bond donors (Lipinski definition) is 1. The molecule has 118 valence electrons. The van der Waals surface area contributed by atoms with Gasteiger partial charge in [0.1, 0.15) is 5.69 Å². The van der Waals surface area contributed by atoms with E-state index >= 15 is 0 Å². The summed E-state index contributed by atoms with van der Waals surface area (Å²) in [5.41, 5.74) is 0.616. The standard InChI is InChI=1S/C14H16N2O4S2/c1-22(18,19)14(6-2-3-7-14)12(17)16-13-15-10(9-21-13)11-5-4-8-20-11/h4-5,8-9H,2-3,6-7H2,1H3,(H,15,16,17). The van der Waals surface area contributed by atoms with E-state index in [9.17, 15) is 13.2 Å². The molecular formula is C14H16N2O4S2. The van der Waals surface area contributed by atoms with Gasteiger partial charge in [0.2, 0.25) is 5.91 Å². The van der Waals surface area contributed by atoms with E-state index in [1.807, 2.05) is 0 Å². The van der Waals surface area contributed by atoms with E-state index in [0.29, 0.717) is 29.4 Å². The number of rotatable bonds is 4. The molecule has 0 aromatic carbocycles. The molecule has 0 bridgehead atoms. The Morgan fingerprint density at radius 2 is 2.14 bits per heavy atom. The molecule has 1 aliphatic carbocycles. The highest BCUT2D eigenvalue weighted by Gasteiger charge is 2.50. The lowest BCUT2D eigenvalue weighted by Crippen LogP contribution is -2.47. The predicted octanol–water partition coefficient (Wildman–Crippen LogP) is 2.70. The number of amides is 1. The van der Waals surface area contributed by atoms with Gasteiger partial charge in [0, 0.05) is 11.6 Å². The highest BCUT2D eigenvalue weighted by atomic mass is 32.2. The molecule has 0 spiro atoms. The molecule has 0 atom stereocenters. The van der Waals surface area contributed by atoms with Crippen LogP contribution in [0.15, 0.2) is 28.2 Å². The number of sulfone groups is 1. The second-order valence-corrected chi connectivity index (χ2v) is 8.63. The van der Waals surface area contributed by atoms with Gasteiger partial charge in [-0.15, -0.1) is 11.3 Å². The molecule has 1 aliphatic rings. The summed E-state index contributed by atoms with van der Waals surface area (Å²) in [4.78, 5) is 16.8. The molecular weight excluding hydrogens is 324 g/mol. The number of furan rings is 1. The molecule has 0 saturated heterocycles. The van der Waals surface area contributed by atoms with Crippen LogP contribution in [0, 0.1) is 0 Å². The summed E-state index contributed by atoms with van der Waals surface area (Å²) >= 11 is 1.25. The Balaban J connectivity index is 1.82. The average molecular weight is 340 g/mol. The van der Waals surface area contributed by atoms with Gasteiger partial charge in [-0.2, -0.15) is 0 Å². The van der Waals surface area contributed by atoms with Crippen molar-refractivity contribution in [3.63, 3.8) is 0 Å². The van der Waals surface area contributed by atoms with Crippen LogP contribution in [0.3, 0.4) is 0 Å². The summed E-state index contributed by atoms with van der Waals surface area (Å²) in [5, 5.41) is 4.80. The molecule has 0 unspecified atom stereocenters. The lowest BCUT2D eigenvalue weighted by Gasteiger charge is -2.24. The fourth-order valence-corrected chi connectivity index (χ4v) is 4.90. The predicted molar refractivity (Wildman–Crippen MR) is 84.5 cm³/mol. The van der Waals surface area contributed by atoms with Crippen molar-refractivity contribution in [2.75, 3.05) is 11.6 Å². The van der Waals surface area contributed by atoms with E-state index in [1.54, 1.807) is 23.8 Å². The molecule has 6 nitrogen and oxygen atoms in total. The van der Waals surface area contributed by atoms with E-state index in [4.69, 9.17) is 4.42 Å². The lowest BCUT2D eigenvalue weighted by atomic mass is 10.1. The molecule has 22 heavy (non-hydrogen) atoms. The summed E-state index contributed by atoms with van der Waals surface area (Å²) in [6, 6.07) is 3.53.